The Kier molecular flexibility index (Phi) is 2.84. The van der Waals surface area contributed by atoms with Gasteiger partial charge in [-0.1, -0.05) is 12.8 Å². The maximum absolute atomic E-state index is 13.8. The van der Waals surface area contributed by atoms with Crippen LogP contribution in [0, 0.1) is 11.6 Å². The van der Waals surface area contributed by atoms with Crippen molar-refractivity contribution in [3.63, 3.8) is 0 Å². The van der Waals surface area contributed by atoms with Crippen LogP contribution < -0.4 is 10.5 Å². The van der Waals surface area contributed by atoms with E-state index >= 15 is 0 Å². The summed E-state index contributed by atoms with van der Waals surface area (Å²) >= 11 is 0. The van der Waals surface area contributed by atoms with Gasteiger partial charge in [-0.15, -0.1) is 0 Å². The Morgan fingerprint density at radius 3 is 2.31 bits per heavy atom. The molecule has 0 amide bonds. The van der Waals surface area contributed by atoms with E-state index in [0.717, 1.165) is 25.0 Å². The zero-order chi connectivity index (χ0) is 11.8. The molecule has 1 fully saturated rings. The first-order valence-electron chi connectivity index (χ1n) is 5.40. The van der Waals surface area contributed by atoms with E-state index in [0.29, 0.717) is 12.8 Å². The predicted octanol–water partition coefficient (Wildman–Crippen LogP) is 2.70. The summed E-state index contributed by atoms with van der Waals surface area (Å²) in [4.78, 5) is 0. The van der Waals surface area contributed by atoms with Crippen molar-refractivity contribution in [3.05, 3.63) is 29.3 Å². The molecule has 0 atom stereocenters. The van der Waals surface area contributed by atoms with Crippen molar-refractivity contribution in [1.29, 1.82) is 0 Å². The first kappa shape index (κ1) is 11.3. The molecule has 16 heavy (non-hydrogen) atoms. The van der Waals surface area contributed by atoms with Gasteiger partial charge in [0.2, 0.25) is 0 Å². The third-order valence-electron chi connectivity index (χ3n) is 3.26. The summed E-state index contributed by atoms with van der Waals surface area (Å²) in [7, 11) is 1.33. The first-order valence-corrected chi connectivity index (χ1v) is 5.40. The number of methoxy groups -OCH3 is 1. The van der Waals surface area contributed by atoms with Gasteiger partial charge in [0.1, 0.15) is 5.82 Å². The van der Waals surface area contributed by atoms with Crippen molar-refractivity contribution < 1.29 is 13.5 Å². The molecular weight excluding hydrogens is 212 g/mol. The number of rotatable bonds is 2. The molecule has 0 unspecified atom stereocenters. The minimum atomic E-state index is -0.780. The fraction of sp³-hybridized carbons (Fsp3) is 0.500. The molecule has 2 nitrogen and oxygen atoms in total. The first-order chi connectivity index (χ1) is 7.58. The monoisotopic (exact) mass is 227 g/mol. The molecule has 1 aliphatic carbocycles. The van der Waals surface area contributed by atoms with Crippen LogP contribution in [-0.2, 0) is 5.54 Å². The lowest BCUT2D eigenvalue weighted by Gasteiger charge is -2.26. The van der Waals surface area contributed by atoms with Crippen molar-refractivity contribution in [1.82, 2.24) is 0 Å². The molecule has 0 saturated heterocycles. The molecule has 2 rings (SSSR count). The summed E-state index contributed by atoms with van der Waals surface area (Å²) in [6.07, 6.45) is 3.22. The van der Waals surface area contributed by atoms with E-state index in [2.05, 4.69) is 0 Å². The SMILES string of the molecule is COc1c(F)ccc(F)c1C1(N)CCCC1. The zero-order valence-corrected chi connectivity index (χ0v) is 9.22. The zero-order valence-electron chi connectivity index (χ0n) is 9.22. The van der Waals surface area contributed by atoms with Gasteiger partial charge in [-0.05, 0) is 25.0 Å². The number of benzene rings is 1. The van der Waals surface area contributed by atoms with E-state index in [4.69, 9.17) is 10.5 Å². The Morgan fingerprint density at radius 2 is 1.75 bits per heavy atom. The highest BCUT2D eigenvalue weighted by atomic mass is 19.1. The highest BCUT2D eigenvalue weighted by Crippen LogP contribution is 2.42. The molecule has 0 aliphatic heterocycles. The largest absolute Gasteiger partial charge is 0.493 e. The molecular formula is C12H15F2NO. The summed E-state index contributed by atoms with van der Waals surface area (Å²) in [6.45, 7) is 0. The summed E-state index contributed by atoms with van der Waals surface area (Å²) < 4.78 is 32.2. The third kappa shape index (κ3) is 1.67. The van der Waals surface area contributed by atoms with Crippen LogP contribution >= 0.6 is 0 Å². The lowest BCUT2D eigenvalue weighted by molar-refractivity contribution is 0.345. The molecule has 1 saturated carbocycles. The molecule has 0 aromatic heterocycles. The van der Waals surface area contributed by atoms with E-state index in [-0.39, 0.29) is 11.3 Å². The number of hydrogen-bond donors (Lipinski definition) is 1. The second-order valence-electron chi connectivity index (χ2n) is 4.30. The van der Waals surface area contributed by atoms with Crippen LogP contribution in [0.3, 0.4) is 0 Å². The van der Waals surface area contributed by atoms with E-state index in [1.54, 1.807) is 0 Å². The number of halogens is 2. The minimum Gasteiger partial charge on any atom is -0.493 e. The fourth-order valence-electron chi connectivity index (χ4n) is 2.45. The standard InChI is InChI=1S/C12H15F2NO/c1-16-11-9(14)5-4-8(13)10(11)12(15)6-2-3-7-12/h4-5H,2-3,6-7,15H2,1H3. The fourth-order valence-corrected chi connectivity index (χ4v) is 2.45. The van der Waals surface area contributed by atoms with Gasteiger partial charge in [0.15, 0.2) is 11.6 Å². The highest BCUT2D eigenvalue weighted by Gasteiger charge is 2.37. The van der Waals surface area contributed by atoms with Crippen LogP contribution in [0.5, 0.6) is 5.75 Å². The van der Waals surface area contributed by atoms with Crippen LogP contribution in [0.2, 0.25) is 0 Å². The predicted molar refractivity (Wildman–Crippen MR) is 57.2 cm³/mol. The lowest BCUT2D eigenvalue weighted by Crippen LogP contribution is -2.35. The van der Waals surface area contributed by atoms with Crippen LogP contribution in [0.15, 0.2) is 12.1 Å². The second-order valence-corrected chi connectivity index (χ2v) is 4.30. The van der Waals surface area contributed by atoms with E-state index < -0.39 is 17.2 Å². The van der Waals surface area contributed by atoms with Gasteiger partial charge < -0.3 is 10.5 Å². The van der Waals surface area contributed by atoms with Gasteiger partial charge in [0.25, 0.3) is 0 Å². The van der Waals surface area contributed by atoms with Crippen LogP contribution in [0.25, 0.3) is 0 Å². The van der Waals surface area contributed by atoms with Crippen molar-refractivity contribution >= 4 is 0 Å². The second kappa shape index (κ2) is 4.01. The summed E-state index contributed by atoms with van der Waals surface area (Å²) in [6, 6.07) is 2.18. The molecule has 88 valence electrons. The molecule has 0 heterocycles. The van der Waals surface area contributed by atoms with Gasteiger partial charge >= 0.3 is 0 Å². The number of ether oxygens (including phenoxy) is 1. The molecule has 1 aromatic carbocycles. The maximum Gasteiger partial charge on any atom is 0.165 e. The average Bonchev–Trinajstić information content (AvgIpc) is 2.69. The molecule has 1 aliphatic rings. The maximum atomic E-state index is 13.8. The Balaban J connectivity index is 2.57. The molecule has 0 spiro atoms. The smallest absolute Gasteiger partial charge is 0.165 e. The van der Waals surface area contributed by atoms with E-state index in [9.17, 15) is 8.78 Å². The van der Waals surface area contributed by atoms with E-state index in [1.807, 2.05) is 0 Å². The Morgan fingerprint density at radius 1 is 1.19 bits per heavy atom. The van der Waals surface area contributed by atoms with Crippen molar-refractivity contribution in [3.8, 4) is 5.75 Å². The number of nitrogens with two attached hydrogens (primary N) is 1. The summed E-state index contributed by atoms with van der Waals surface area (Å²) in [5.41, 5.74) is 5.55. The van der Waals surface area contributed by atoms with Gasteiger partial charge in [-0.2, -0.15) is 0 Å². The van der Waals surface area contributed by atoms with Gasteiger partial charge in [0, 0.05) is 5.54 Å². The topological polar surface area (TPSA) is 35.2 Å². The Bertz CT molecular complexity index is 400. The van der Waals surface area contributed by atoms with Crippen molar-refractivity contribution in [2.45, 2.75) is 31.2 Å². The molecule has 1 aromatic rings. The lowest BCUT2D eigenvalue weighted by atomic mass is 9.88. The molecule has 0 bridgehead atoms. The normalized spacial score (nSPS) is 18.8. The van der Waals surface area contributed by atoms with Gasteiger partial charge in [0.05, 0.1) is 12.7 Å². The summed E-state index contributed by atoms with van der Waals surface area (Å²) in [5, 5.41) is 0. The van der Waals surface area contributed by atoms with Crippen LogP contribution in [0.4, 0.5) is 8.78 Å². The number of hydrogen-bond acceptors (Lipinski definition) is 2. The van der Waals surface area contributed by atoms with Crippen LogP contribution in [0.1, 0.15) is 31.2 Å². The van der Waals surface area contributed by atoms with Crippen molar-refractivity contribution in [2.75, 3.05) is 7.11 Å². The third-order valence-corrected chi connectivity index (χ3v) is 3.26. The Labute approximate surface area is 93.4 Å². The molecule has 0 radical (unpaired) electrons. The van der Waals surface area contributed by atoms with Gasteiger partial charge in [-0.25, -0.2) is 8.78 Å². The van der Waals surface area contributed by atoms with Crippen molar-refractivity contribution in [2.24, 2.45) is 5.73 Å². The molecule has 2 N–H and O–H groups in total. The summed E-state index contributed by atoms with van der Waals surface area (Å²) in [5.74, 6) is -1.09. The van der Waals surface area contributed by atoms with Gasteiger partial charge in [-0.3, -0.25) is 0 Å². The quantitative estimate of drug-likeness (QED) is 0.843. The minimum absolute atomic E-state index is 0.0515. The van der Waals surface area contributed by atoms with E-state index in [1.165, 1.54) is 7.11 Å². The average molecular weight is 227 g/mol. The highest BCUT2D eigenvalue weighted by molar-refractivity contribution is 5.42. The Hall–Kier alpha value is -1.16. The molecule has 4 heteroatoms. The van der Waals surface area contributed by atoms with Crippen LogP contribution in [-0.4, -0.2) is 7.11 Å².